The molecule has 0 aliphatic carbocycles. The van der Waals surface area contributed by atoms with Crippen molar-refractivity contribution in [3.8, 4) is 0 Å². The largest absolute Gasteiger partial charge is 0.339 e. The quantitative estimate of drug-likeness (QED) is 0.863. The van der Waals surface area contributed by atoms with E-state index in [0.717, 1.165) is 0 Å². The van der Waals surface area contributed by atoms with Gasteiger partial charge < -0.3 is 9.80 Å². The number of aromatic nitrogens is 1. The molecule has 0 saturated carbocycles. The first-order chi connectivity index (χ1) is 11.6. The molecule has 0 bridgehead atoms. The number of carbonyl (C=O) groups excluding carboxylic acids is 2. The number of nitrogens with zero attached hydrogens (tertiary/aromatic N) is 3. The Morgan fingerprint density at radius 3 is 2.38 bits per heavy atom. The second-order valence-corrected chi connectivity index (χ2v) is 5.68. The highest BCUT2D eigenvalue weighted by atomic mass is 19.1. The van der Waals surface area contributed by atoms with Gasteiger partial charge in [-0.2, -0.15) is 0 Å². The zero-order valence-corrected chi connectivity index (χ0v) is 13.2. The van der Waals surface area contributed by atoms with E-state index in [0.29, 0.717) is 37.3 Å². The molecule has 1 fully saturated rings. The lowest BCUT2D eigenvalue weighted by Gasteiger charge is -2.34. The summed E-state index contributed by atoms with van der Waals surface area (Å²) in [6.45, 7) is 1.85. The molecular formula is C18H18FN3O2. The maximum Gasteiger partial charge on any atom is 0.255 e. The maximum atomic E-state index is 13.6. The normalized spacial score (nSPS) is 14.5. The van der Waals surface area contributed by atoms with E-state index in [1.54, 1.807) is 46.3 Å². The van der Waals surface area contributed by atoms with Crippen LogP contribution in [0.4, 0.5) is 4.39 Å². The lowest BCUT2D eigenvalue weighted by molar-refractivity contribution is -0.132. The van der Waals surface area contributed by atoms with Crippen LogP contribution in [0.25, 0.3) is 0 Å². The molecule has 3 rings (SSSR count). The molecule has 2 amide bonds. The van der Waals surface area contributed by atoms with Gasteiger partial charge in [0.1, 0.15) is 5.82 Å². The van der Waals surface area contributed by atoms with E-state index in [9.17, 15) is 14.0 Å². The van der Waals surface area contributed by atoms with Crippen molar-refractivity contribution < 1.29 is 14.0 Å². The molecule has 24 heavy (non-hydrogen) atoms. The van der Waals surface area contributed by atoms with Crippen molar-refractivity contribution in [3.05, 3.63) is 65.7 Å². The van der Waals surface area contributed by atoms with Crippen molar-refractivity contribution in [2.75, 3.05) is 26.2 Å². The Balaban J connectivity index is 1.56. The first-order valence-electron chi connectivity index (χ1n) is 7.85. The molecule has 1 aromatic carbocycles. The number of benzene rings is 1. The fraction of sp³-hybridized carbons (Fsp3) is 0.278. The first kappa shape index (κ1) is 16.1. The Hall–Kier alpha value is -2.76. The van der Waals surface area contributed by atoms with Crippen LogP contribution in [0.3, 0.4) is 0 Å². The topological polar surface area (TPSA) is 53.5 Å². The predicted molar refractivity (Wildman–Crippen MR) is 86.8 cm³/mol. The third-order valence-electron chi connectivity index (χ3n) is 4.13. The molecule has 2 heterocycles. The third kappa shape index (κ3) is 3.59. The predicted octanol–water partition coefficient (Wildman–Crippen LogP) is 1.75. The summed E-state index contributed by atoms with van der Waals surface area (Å²) in [6, 6.07) is 9.75. The summed E-state index contributed by atoms with van der Waals surface area (Å²) in [5, 5.41) is 0. The summed E-state index contributed by atoms with van der Waals surface area (Å²) in [5.41, 5.74) is 0.944. The Labute approximate surface area is 139 Å². The second kappa shape index (κ2) is 7.21. The van der Waals surface area contributed by atoms with Gasteiger partial charge >= 0.3 is 0 Å². The van der Waals surface area contributed by atoms with Gasteiger partial charge in [0.2, 0.25) is 5.91 Å². The van der Waals surface area contributed by atoms with Gasteiger partial charge in [-0.1, -0.05) is 18.2 Å². The summed E-state index contributed by atoms with van der Waals surface area (Å²) in [5.74, 6) is -0.561. The van der Waals surface area contributed by atoms with Gasteiger partial charge in [0, 0.05) is 38.6 Å². The Bertz CT molecular complexity index is 728. The van der Waals surface area contributed by atoms with Gasteiger partial charge in [0.25, 0.3) is 5.91 Å². The van der Waals surface area contributed by atoms with Crippen LogP contribution in [0.2, 0.25) is 0 Å². The van der Waals surface area contributed by atoms with Crippen molar-refractivity contribution in [3.63, 3.8) is 0 Å². The molecule has 0 radical (unpaired) electrons. The molecule has 2 aromatic rings. The van der Waals surface area contributed by atoms with Gasteiger partial charge in [-0.25, -0.2) is 4.39 Å². The van der Waals surface area contributed by atoms with Crippen LogP contribution in [0.15, 0.2) is 48.8 Å². The van der Waals surface area contributed by atoms with Crippen molar-refractivity contribution in [2.24, 2.45) is 0 Å². The minimum atomic E-state index is -0.365. The molecule has 5 nitrogen and oxygen atoms in total. The Kier molecular flexibility index (Phi) is 4.84. The number of carbonyl (C=O) groups is 2. The van der Waals surface area contributed by atoms with Crippen molar-refractivity contribution in [1.82, 2.24) is 14.8 Å². The summed E-state index contributed by atoms with van der Waals surface area (Å²) in [7, 11) is 0. The van der Waals surface area contributed by atoms with Crippen LogP contribution in [-0.4, -0.2) is 52.8 Å². The molecule has 1 aliphatic rings. The van der Waals surface area contributed by atoms with E-state index < -0.39 is 0 Å². The van der Waals surface area contributed by atoms with E-state index in [2.05, 4.69) is 4.98 Å². The van der Waals surface area contributed by atoms with E-state index in [1.165, 1.54) is 12.3 Å². The molecule has 1 saturated heterocycles. The number of amides is 2. The lowest BCUT2D eigenvalue weighted by atomic mass is 10.1. The van der Waals surface area contributed by atoms with Gasteiger partial charge in [-0.3, -0.25) is 14.6 Å². The van der Waals surface area contributed by atoms with Gasteiger partial charge in [-0.05, 0) is 23.8 Å². The van der Waals surface area contributed by atoms with Gasteiger partial charge in [0.15, 0.2) is 0 Å². The van der Waals surface area contributed by atoms with Crippen molar-refractivity contribution >= 4 is 11.8 Å². The number of rotatable bonds is 3. The van der Waals surface area contributed by atoms with Crippen molar-refractivity contribution in [1.29, 1.82) is 0 Å². The Morgan fingerprint density at radius 2 is 1.71 bits per heavy atom. The first-order valence-corrected chi connectivity index (χ1v) is 7.85. The zero-order chi connectivity index (χ0) is 16.9. The zero-order valence-electron chi connectivity index (χ0n) is 13.2. The molecule has 6 heteroatoms. The van der Waals surface area contributed by atoms with Crippen LogP contribution in [0.1, 0.15) is 15.9 Å². The van der Waals surface area contributed by atoms with Crippen LogP contribution in [-0.2, 0) is 11.2 Å². The Morgan fingerprint density at radius 1 is 1.00 bits per heavy atom. The summed E-state index contributed by atoms with van der Waals surface area (Å²) in [6.07, 6.45) is 3.21. The highest BCUT2D eigenvalue weighted by Gasteiger charge is 2.25. The van der Waals surface area contributed by atoms with Crippen LogP contribution in [0.5, 0.6) is 0 Å². The summed E-state index contributed by atoms with van der Waals surface area (Å²) < 4.78 is 13.6. The average Bonchev–Trinajstić information content (AvgIpc) is 2.64. The minimum Gasteiger partial charge on any atom is -0.339 e. The van der Waals surface area contributed by atoms with Crippen LogP contribution in [0, 0.1) is 5.82 Å². The fourth-order valence-electron chi connectivity index (χ4n) is 2.75. The lowest BCUT2D eigenvalue weighted by Crippen LogP contribution is -2.51. The van der Waals surface area contributed by atoms with E-state index in [1.807, 2.05) is 0 Å². The molecular weight excluding hydrogens is 309 g/mol. The number of hydrogen-bond acceptors (Lipinski definition) is 3. The van der Waals surface area contributed by atoms with E-state index >= 15 is 0 Å². The van der Waals surface area contributed by atoms with E-state index in [-0.39, 0.29) is 24.1 Å². The standard InChI is InChI=1S/C18H18FN3O2/c19-16-6-2-1-4-14(16)12-17(23)21-8-10-22(11-9-21)18(24)15-5-3-7-20-13-15/h1-7,13H,8-12H2. The molecule has 0 spiro atoms. The van der Waals surface area contributed by atoms with Crippen molar-refractivity contribution in [2.45, 2.75) is 6.42 Å². The van der Waals surface area contributed by atoms with Crippen LogP contribution >= 0.6 is 0 Å². The van der Waals surface area contributed by atoms with Gasteiger partial charge in [0.05, 0.1) is 12.0 Å². The van der Waals surface area contributed by atoms with Crippen LogP contribution < -0.4 is 0 Å². The molecule has 0 N–H and O–H groups in total. The van der Waals surface area contributed by atoms with Gasteiger partial charge in [-0.15, -0.1) is 0 Å². The SMILES string of the molecule is O=C(Cc1ccccc1F)N1CCN(C(=O)c2cccnc2)CC1. The molecule has 0 atom stereocenters. The summed E-state index contributed by atoms with van der Waals surface area (Å²) in [4.78, 5) is 32.0. The molecule has 124 valence electrons. The molecule has 0 unspecified atom stereocenters. The molecule has 1 aromatic heterocycles. The average molecular weight is 327 g/mol. The number of halogens is 1. The smallest absolute Gasteiger partial charge is 0.255 e. The fourth-order valence-corrected chi connectivity index (χ4v) is 2.75. The highest BCUT2D eigenvalue weighted by Crippen LogP contribution is 2.12. The minimum absolute atomic E-state index is 0.0449. The number of piperazine rings is 1. The third-order valence-corrected chi connectivity index (χ3v) is 4.13. The van der Waals surface area contributed by atoms with E-state index in [4.69, 9.17) is 0 Å². The summed E-state index contributed by atoms with van der Waals surface area (Å²) >= 11 is 0. The molecule has 1 aliphatic heterocycles. The maximum absolute atomic E-state index is 13.6. The number of pyridine rings is 1. The highest BCUT2D eigenvalue weighted by molar-refractivity contribution is 5.94. The second-order valence-electron chi connectivity index (χ2n) is 5.68. The number of hydrogen-bond donors (Lipinski definition) is 0. The monoisotopic (exact) mass is 327 g/mol.